The molecule has 50 heavy (non-hydrogen) atoms. The number of methoxy groups -OCH3 is 1. The Labute approximate surface area is 297 Å². The quantitative estimate of drug-likeness (QED) is 0.172. The Hall–Kier alpha value is -0.740. The van der Waals surface area contributed by atoms with Gasteiger partial charge < -0.3 is 59.4 Å². The highest BCUT2D eigenvalue weighted by Gasteiger charge is 2.67. The first-order valence-electron chi connectivity index (χ1n) is 18.9. The minimum Gasteiger partial charge on any atom is -0.394 e. The van der Waals surface area contributed by atoms with E-state index in [0.717, 1.165) is 25.9 Å². The average Bonchev–Trinajstić information content (AvgIpc) is 3.36. The highest BCUT2D eigenvalue weighted by Crippen LogP contribution is 2.75. The van der Waals surface area contributed by atoms with Gasteiger partial charge in [-0.1, -0.05) is 53.2 Å². The lowest BCUT2D eigenvalue weighted by Gasteiger charge is -2.66. The molecule has 0 aromatic rings. The van der Waals surface area contributed by atoms with Crippen molar-refractivity contribution in [2.75, 3.05) is 26.9 Å². The molecule has 0 bridgehead atoms. The normalized spacial score (nSPS) is 52.4. The Bertz CT molecular complexity index is 1230. The molecule has 3 saturated carbocycles. The highest BCUT2D eigenvalue weighted by atomic mass is 16.7. The standard InChI is InChI=1S/C38H64O12/c1-19(17-46-7)20-12-13-38(6)25-10-8-21-22(36(25,4)14-15-37(20,38)5)9-11-26(35(21,2)3)50-34-32(45)30(43)28(41)24(49-34)18-47-33-31(44)29(42)27(40)23(16-39)48-33/h8,19-20,22-34,39-45H,9-18H2,1-7H3/t19-,20-,22+,23-,24-,25-,26+,27-,28-,29+,30+,31-,32-,33-,34+,36+,37-,38+/m1/s1. The summed E-state index contributed by atoms with van der Waals surface area (Å²) in [7, 11) is 1.81. The molecule has 288 valence electrons. The first-order chi connectivity index (χ1) is 23.5. The third-order valence-corrected chi connectivity index (χ3v) is 15.2. The number of hydrogen-bond acceptors (Lipinski definition) is 12. The maximum absolute atomic E-state index is 11.0. The molecule has 2 aliphatic heterocycles. The second kappa shape index (κ2) is 14.2. The van der Waals surface area contributed by atoms with Gasteiger partial charge >= 0.3 is 0 Å². The molecule has 6 aliphatic rings. The second-order valence-electron chi connectivity index (χ2n) is 17.9. The zero-order chi connectivity index (χ0) is 36.6. The van der Waals surface area contributed by atoms with Crippen LogP contribution in [0.1, 0.15) is 86.5 Å². The monoisotopic (exact) mass is 712 g/mol. The Morgan fingerprint density at radius 1 is 0.780 bits per heavy atom. The lowest BCUT2D eigenvalue weighted by atomic mass is 9.39. The third-order valence-electron chi connectivity index (χ3n) is 15.2. The number of fused-ring (bicyclic) bond motifs is 5. The van der Waals surface area contributed by atoms with E-state index in [1.807, 2.05) is 7.11 Å². The van der Waals surface area contributed by atoms with E-state index in [1.54, 1.807) is 0 Å². The summed E-state index contributed by atoms with van der Waals surface area (Å²) in [6, 6.07) is 0. The van der Waals surface area contributed by atoms with Gasteiger partial charge in [-0.05, 0) is 84.9 Å². The first kappa shape index (κ1) is 39.0. The largest absolute Gasteiger partial charge is 0.394 e. The molecule has 2 saturated heterocycles. The Morgan fingerprint density at radius 2 is 1.42 bits per heavy atom. The van der Waals surface area contributed by atoms with Crippen molar-refractivity contribution >= 4 is 0 Å². The molecular formula is C38H64O12. The van der Waals surface area contributed by atoms with Crippen LogP contribution in [0, 0.1) is 45.3 Å². The van der Waals surface area contributed by atoms with Gasteiger partial charge in [0.2, 0.25) is 0 Å². The van der Waals surface area contributed by atoms with Crippen molar-refractivity contribution in [2.45, 2.75) is 154 Å². The van der Waals surface area contributed by atoms with Crippen LogP contribution in [0.25, 0.3) is 0 Å². The maximum atomic E-state index is 11.0. The number of aliphatic hydroxyl groups excluding tert-OH is 7. The van der Waals surface area contributed by atoms with Crippen molar-refractivity contribution in [2.24, 2.45) is 45.3 Å². The van der Waals surface area contributed by atoms with E-state index in [0.29, 0.717) is 23.7 Å². The van der Waals surface area contributed by atoms with E-state index in [9.17, 15) is 35.7 Å². The van der Waals surface area contributed by atoms with E-state index in [4.69, 9.17) is 23.7 Å². The van der Waals surface area contributed by atoms with Gasteiger partial charge in [-0.3, -0.25) is 0 Å². The average molecular weight is 713 g/mol. The Morgan fingerprint density at radius 3 is 2.08 bits per heavy atom. The van der Waals surface area contributed by atoms with Crippen LogP contribution in [-0.4, -0.2) is 130 Å². The number of rotatable bonds is 9. The van der Waals surface area contributed by atoms with Crippen molar-refractivity contribution < 1.29 is 59.4 Å². The molecule has 6 rings (SSSR count). The van der Waals surface area contributed by atoms with Gasteiger partial charge in [0, 0.05) is 19.1 Å². The predicted octanol–water partition coefficient (Wildman–Crippen LogP) is 1.88. The third kappa shape index (κ3) is 6.05. The highest BCUT2D eigenvalue weighted by molar-refractivity contribution is 5.30. The molecule has 7 N–H and O–H groups in total. The molecule has 2 heterocycles. The number of hydrogen-bond donors (Lipinski definition) is 7. The summed E-state index contributed by atoms with van der Waals surface area (Å²) in [5.74, 6) is 2.19. The van der Waals surface area contributed by atoms with E-state index in [1.165, 1.54) is 31.3 Å². The fraction of sp³-hybridized carbons (Fsp3) is 0.947. The summed E-state index contributed by atoms with van der Waals surface area (Å²) in [6.45, 7) is 14.2. The number of allylic oxidation sites excluding steroid dienone is 1. The molecule has 0 aromatic carbocycles. The molecule has 5 fully saturated rings. The van der Waals surface area contributed by atoms with Crippen molar-refractivity contribution in [1.29, 1.82) is 0 Å². The van der Waals surface area contributed by atoms with Crippen LogP contribution in [0.5, 0.6) is 0 Å². The maximum Gasteiger partial charge on any atom is 0.187 e. The van der Waals surface area contributed by atoms with Gasteiger partial charge in [-0.25, -0.2) is 0 Å². The van der Waals surface area contributed by atoms with Crippen LogP contribution in [0.4, 0.5) is 0 Å². The van der Waals surface area contributed by atoms with Crippen LogP contribution in [-0.2, 0) is 23.7 Å². The van der Waals surface area contributed by atoms with Crippen LogP contribution in [0.3, 0.4) is 0 Å². The van der Waals surface area contributed by atoms with Crippen molar-refractivity contribution in [3.8, 4) is 0 Å². The molecule has 0 spiro atoms. The molecule has 0 unspecified atom stereocenters. The fourth-order valence-electron chi connectivity index (χ4n) is 12.0. The molecule has 0 radical (unpaired) electrons. The number of ether oxygens (including phenoxy) is 5. The van der Waals surface area contributed by atoms with Gasteiger partial charge in [-0.2, -0.15) is 0 Å². The molecular weight excluding hydrogens is 648 g/mol. The van der Waals surface area contributed by atoms with Crippen LogP contribution in [0.15, 0.2) is 11.6 Å². The minimum absolute atomic E-state index is 0.161. The summed E-state index contributed by atoms with van der Waals surface area (Å²) in [5.41, 5.74) is 1.70. The van der Waals surface area contributed by atoms with Gasteiger partial charge in [0.25, 0.3) is 0 Å². The SMILES string of the molecule is COC[C@@H](C)[C@H]1CC[C@@]2(C)[C@@H]3CC=C4[C@H](CC[C@H](O[C@@H]5O[C@H](CO[C@@H]6O[C@H](CO)[C@@H](O)[C@H](O)[C@H]6O)[C@@H](O)[C@H](O)[C@H]5O)C4(C)C)[C@]3(C)CC[C@]12C. The van der Waals surface area contributed by atoms with Gasteiger partial charge in [0.1, 0.15) is 48.8 Å². The van der Waals surface area contributed by atoms with Crippen molar-refractivity contribution in [3.05, 3.63) is 11.6 Å². The molecule has 0 amide bonds. The van der Waals surface area contributed by atoms with Gasteiger partial charge in [0.15, 0.2) is 12.6 Å². The van der Waals surface area contributed by atoms with E-state index in [2.05, 4.69) is 47.6 Å². The first-order valence-corrected chi connectivity index (χ1v) is 18.9. The summed E-state index contributed by atoms with van der Waals surface area (Å²) in [6.07, 6.45) is -4.69. The van der Waals surface area contributed by atoms with E-state index < -0.39 is 74.6 Å². The van der Waals surface area contributed by atoms with Gasteiger partial charge in [0.05, 0.1) is 19.3 Å². The Balaban J connectivity index is 1.15. The Kier molecular flexibility index (Phi) is 11.0. The lowest BCUT2D eigenvalue weighted by molar-refractivity contribution is -0.340. The smallest absolute Gasteiger partial charge is 0.187 e. The van der Waals surface area contributed by atoms with Gasteiger partial charge in [-0.15, -0.1) is 0 Å². The fourth-order valence-corrected chi connectivity index (χ4v) is 12.0. The summed E-state index contributed by atoms with van der Waals surface area (Å²) >= 11 is 0. The van der Waals surface area contributed by atoms with E-state index in [-0.39, 0.29) is 27.8 Å². The molecule has 12 heteroatoms. The molecule has 0 aromatic heterocycles. The van der Waals surface area contributed by atoms with Crippen LogP contribution in [0.2, 0.25) is 0 Å². The lowest BCUT2D eigenvalue weighted by Crippen LogP contribution is -2.63. The topological polar surface area (TPSA) is 188 Å². The van der Waals surface area contributed by atoms with E-state index >= 15 is 0 Å². The molecule has 12 nitrogen and oxygen atoms in total. The second-order valence-corrected chi connectivity index (χ2v) is 17.9. The molecule has 18 atom stereocenters. The summed E-state index contributed by atoms with van der Waals surface area (Å²) in [4.78, 5) is 0. The van der Waals surface area contributed by atoms with Crippen LogP contribution >= 0.6 is 0 Å². The summed E-state index contributed by atoms with van der Waals surface area (Å²) in [5, 5.41) is 72.7. The number of aliphatic hydroxyl groups is 7. The van der Waals surface area contributed by atoms with Crippen LogP contribution < -0.4 is 0 Å². The predicted molar refractivity (Wildman–Crippen MR) is 181 cm³/mol. The van der Waals surface area contributed by atoms with Crippen molar-refractivity contribution in [1.82, 2.24) is 0 Å². The van der Waals surface area contributed by atoms with Crippen molar-refractivity contribution in [3.63, 3.8) is 0 Å². The zero-order valence-corrected chi connectivity index (χ0v) is 31.0. The zero-order valence-electron chi connectivity index (χ0n) is 31.0. The molecule has 4 aliphatic carbocycles. The summed E-state index contributed by atoms with van der Waals surface area (Å²) < 4.78 is 29.2. The minimum atomic E-state index is -1.63.